The maximum Gasteiger partial charge on any atom is 0.0465 e. The van der Waals surface area contributed by atoms with E-state index in [0.29, 0.717) is 5.92 Å². The number of aliphatic hydroxyl groups excluding tert-OH is 1. The molecule has 2 heteroatoms. The molecule has 0 fully saturated rings. The average molecular weight is 246 g/mol. The molecule has 0 spiro atoms. The molecule has 0 saturated carbocycles. The molecule has 0 saturated heterocycles. The maximum atomic E-state index is 9.48. The molecule has 2 rings (SSSR count). The predicted octanol–water partition coefficient (Wildman–Crippen LogP) is 3.45. The molecule has 0 aliphatic heterocycles. The van der Waals surface area contributed by atoms with Crippen molar-refractivity contribution >= 4 is 11.3 Å². The van der Waals surface area contributed by atoms with Crippen LogP contribution in [0.25, 0.3) is 0 Å². The lowest BCUT2D eigenvalue weighted by molar-refractivity contribution is 0.225. The van der Waals surface area contributed by atoms with Gasteiger partial charge in [0.25, 0.3) is 0 Å². The number of aryl methyl sites for hydroxylation is 1. The van der Waals surface area contributed by atoms with Gasteiger partial charge in [0, 0.05) is 11.5 Å². The minimum atomic E-state index is 0.256. The number of hydrogen-bond acceptors (Lipinski definition) is 2. The van der Waals surface area contributed by atoms with Gasteiger partial charge in [-0.25, -0.2) is 0 Å². The molecule has 1 atom stereocenters. The highest BCUT2D eigenvalue weighted by molar-refractivity contribution is 7.09. The molecule has 2 aromatic rings. The van der Waals surface area contributed by atoms with Gasteiger partial charge >= 0.3 is 0 Å². The predicted molar refractivity (Wildman–Crippen MR) is 73.5 cm³/mol. The fourth-order valence-electron chi connectivity index (χ4n) is 2.06. The standard InChI is InChI=1S/C15H18OS/c1-12-5-2-3-6-14(12)9-13(11-16)10-15-7-4-8-17-15/h2-8,13,16H,9-11H2,1H3. The number of rotatable bonds is 5. The smallest absolute Gasteiger partial charge is 0.0465 e. The van der Waals surface area contributed by atoms with Crippen LogP contribution in [0.5, 0.6) is 0 Å². The number of thiophene rings is 1. The summed E-state index contributed by atoms with van der Waals surface area (Å²) in [5.74, 6) is 0.328. The Bertz CT molecular complexity index is 448. The quantitative estimate of drug-likeness (QED) is 0.856. The van der Waals surface area contributed by atoms with Crippen molar-refractivity contribution in [3.8, 4) is 0 Å². The summed E-state index contributed by atoms with van der Waals surface area (Å²) in [5.41, 5.74) is 2.67. The van der Waals surface area contributed by atoms with Crippen LogP contribution in [0.1, 0.15) is 16.0 Å². The second-order valence-corrected chi connectivity index (χ2v) is 5.49. The molecular weight excluding hydrogens is 228 g/mol. The van der Waals surface area contributed by atoms with Gasteiger partial charge in [-0.05, 0) is 48.3 Å². The molecule has 0 aliphatic carbocycles. The van der Waals surface area contributed by atoms with Crippen LogP contribution >= 0.6 is 11.3 Å². The van der Waals surface area contributed by atoms with Gasteiger partial charge in [0.2, 0.25) is 0 Å². The number of aliphatic hydroxyl groups is 1. The zero-order chi connectivity index (χ0) is 12.1. The fourth-order valence-corrected chi connectivity index (χ4v) is 2.89. The van der Waals surface area contributed by atoms with Crippen molar-refractivity contribution in [1.29, 1.82) is 0 Å². The second-order valence-electron chi connectivity index (χ2n) is 4.46. The molecule has 0 bridgehead atoms. The zero-order valence-corrected chi connectivity index (χ0v) is 10.9. The van der Waals surface area contributed by atoms with E-state index < -0.39 is 0 Å². The third-order valence-corrected chi connectivity index (χ3v) is 4.00. The van der Waals surface area contributed by atoms with Crippen LogP contribution in [-0.2, 0) is 12.8 Å². The summed E-state index contributed by atoms with van der Waals surface area (Å²) >= 11 is 1.77. The van der Waals surface area contributed by atoms with Crippen molar-refractivity contribution in [3.05, 3.63) is 57.8 Å². The van der Waals surface area contributed by atoms with Crippen LogP contribution < -0.4 is 0 Å². The van der Waals surface area contributed by atoms with E-state index in [9.17, 15) is 5.11 Å². The zero-order valence-electron chi connectivity index (χ0n) is 10.1. The fraction of sp³-hybridized carbons (Fsp3) is 0.333. The summed E-state index contributed by atoms with van der Waals surface area (Å²) in [4.78, 5) is 1.36. The topological polar surface area (TPSA) is 20.2 Å². The second kappa shape index (κ2) is 5.99. The van der Waals surface area contributed by atoms with E-state index in [0.717, 1.165) is 12.8 Å². The van der Waals surface area contributed by atoms with Crippen molar-refractivity contribution in [2.24, 2.45) is 5.92 Å². The summed E-state index contributed by atoms with van der Waals surface area (Å²) in [6.45, 7) is 2.39. The molecule has 1 aromatic carbocycles. The van der Waals surface area contributed by atoms with E-state index in [4.69, 9.17) is 0 Å². The lowest BCUT2D eigenvalue weighted by Gasteiger charge is -2.14. The Kier molecular flexibility index (Phi) is 4.35. The molecule has 0 aliphatic rings. The van der Waals surface area contributed by atoms with Crippen molar-refractivity contribution in [2.45, 2.75) is 19.8 Å². The molecular formula is C15H18OS. The Morgan fingerprint density at radius 3 is 2.59 bits per heavy atom. The molecule has 90 valence electrons. The van der Waals surface area contributed by atoms with Crippen LogP contribution in [-0.4, -0.2) is 11.7 Å². The molecule has 1 N–H and O–H groups in total. The van der Waals surface area contributed by atoms with Gasteiger partial charge in [-0.3, -0.25) is 0 Å². The Morgan fingerprint density at radius 2 is 1.94 bits per heavy atom. The van der Waals surface area contributed by atoms with Crippen molar-refractivity contribution < 1.29 is 5.11 Å². The van der Waals surface area contributed by atoms with Gasteiger partial charge in [0.05, 0.1) is 0 Å². The van der Waals surface area contributed by atoms with Crippen LogP contribution in [0.15, 0.2) is 41.8 Å². The van der Waals surface area contributed by atoms with E-state index in [1.807, 2.05) is 0 Å². The van der Waals surface area contributed by atoms with Gasteiger partial charge in [-0.15, -0.1) is 11.3 Å². The molecule has 1 heterocycles. The molecule has 1 nitrogen and oxygen atoms in total. The van der Waals surface area contributed by atoms with E-state index in [-0.39, 0.29) is 6.61 Å². The summed E-state index contributed by atoms with van der Waals surface area (Å²) in [6, 6.07) is 12.6. The number of benzene rings is 1. The van der Waals surface area contributed by atoms with E-state index in [1.54, 1.807) is 11.3 Å². The molecule has 0 amide bonds. The van der Waals surface area contributed by atoms with E-state index in [1.165, 1.54) is 16.0 Å². The van der Waals surface area contributed by atoms with Crippen LogP contribution in [0.4, 0.5) is 0 Å². The average Bonchev–Trinajstić information content (AvgIpc) is 2.84. The largest absolute Gasteiger partial charge is 0.396 e. The first kappa shape index (κ1) is 12.3. The third kappa shape index (κ3) is 3.42. The van der Waals surface area contributed by atoms with Crippen molar-refractivity contribution in [1.82, 2.24) is 0 Å². The highest BCUT2D eigenvalue weighted by atomic mass is 32.1. The highest BCUT2D eigenvalue weighted by Crippen LogP contribution is 2.19. The SMILES string of the molecule is Cc1ccccc1CC(CO)Cc1cccs1. The highest BCUT2D eigenvalue weighted by Gasteiger charge is 2.11. The van der Waals surface area contributed by atoms with Gasteiger partial charge in [0.15, 0.2) is 0 Å². The van der Waals surface area contributed by atoms with Crippen LogP contribution in [0, 0.1) is 12.8 Å². The van der Waals surface area contributed by atoms with Crippen molar-refractivity contribution in [2.75, 3.05) is 6.61 Å². The Morgan fingerprint density at radius 1 is 1.12 bits per heavy atom. The summed E-state index contributed by atoms with van der Waals surface area (Å²) in [6.07, 6.45) is 1.93. The first-order valence-electron chi connectivity index (χ1n) is 5.97. The molecule has 17 heavy (non-hydrogen) atoms. The molecule has 1 aromatic heterocycles. The summed E-state index contributed by atoms with van der Waals surface area (Å²) in [5, 5.41) is 11.6. The third-order valence-electron chi connectivity index (χ3n) is 3.10. The first-order chi connectivity index (χ1) is 8.29. The van der Waals surface area contributed by atoms with E-state index >= 15 is 0 Å². The number of hydrogen-bond donors (Lipinski definition) is 1. The minimum Gasteiger partial charge on any atom is -0.396 e. The minimum absolute atomic E-state index is 0.256. The lowest BCUT2D eigenvalue weighted by Crippen LogP contribution is -2.13. The lowest BCUT2D eigenvalue weighted by atomic mass is 9.94. The van der Waals surface area contributed by atoms with Gasteiger partial charge in [-0.1, -0.05) is 30.3 Å². The monoisotopic (exact) mass is 246 g/mol. The van der Waals surface area contributed by atoms with Crippen molar-refractivity contribution in [3.63, 3.8) is 0 Å². The summed E-state index contributed by atoms with van der Waals surface area (Å²) < 4.78 is 0. The van der Waals surface area contributed by atoms with Gasteiger partial charge in [-0.2, -0.15) is 0 Å². The molecule has 1 unspecified atom stereocenters. The first-order valence-corrected chi connectivity index (χ1v) is 6.85. The van der Waals surface area contributed by atoms with Gasteiger partial charge < -0.3 is 5.11 Å². The summed E-state index contributed by atoms with van der Waals surface area (Å²) in [7, 11) is 0. The Labute approximate surface area is 107 Å². The maximum absolute atomic E-state index is 9.48. The van der Waals surface area contributed by atoms with E-state index in [2.05, 4.69) is 48.7 Å². The Balaban J connectivity index is 2.03. The van der Waals surface area contributed by atoms with Crippen LogP contribution in [0.2, 0.25) is 0 Å². The van der Waals surface area contributed by atoms with Gasteiger partial charge in [0.1, 0.15) is 0 Å². The normalized spacial score (nSPS) is 12.6. The molecule has 0 radical (unpaired) electrons. The van der Waals surface area contributed by atoms with Crippen LogP contribution in [0.3, 0.4) is 0 Å². The Hall–Kier alpha value is -1.12.